The minimum atomic E-state index is -4.33. The number of hydrogen-bond acceptors (Lipinski definition) is 2. The molecule has 0 fully saturated rings. The molecule has 0 radical (unpaired) electrons. The lowest BCUT2D eigenvalue weighted by Gasteiger charge is -2.20. The van der Waals surface area contributed by atoms with Crippen molar-refractivity contribution in [2.24, 2.45) is 0 Å². The number of rotatable bonds is 9. The van der Waals surface area contributed by atoms with Crippen LogP contribution in [0.5, 0.6) is 0 Å². The number of halogens is 6. The van der Waals surface area contributed by atoms with Gasteiger partial charge in [0.15, 0.2) is 0 Å². The number of carboxylic acid groups (broad SMARTS) is 1. The third-order valence-electron chi connectivity index (χ3n) is 4.73. The molecule has 0 aliphatic rings. The molecule has 2 aromatic rings. The van der Waals surface area contributed by atoms with Crippen molar-refractivity contribution in [2.75, 3.05) is 6.61 Å². The summed E-state index contributed by atoms with van der Waals surface area (Å²) < 4.78 is 76.3. The van der Waals surface area contributed by atoms with Crippen LogP contribution in [-0.2, 0) is 4.79 Å². The van der Waals surface area contributed by atoms with Gasteiger partial charge < -0.3 is 10.2 Å². The van der Waals surface area contributed by atoms with E-state index in [-0.39, 0.29) is 49.8 Å². The molecule has 0 aliphatic heterocycles. The zero-order valence-corrected chi connectivity index (χ0v) is 17.2. The molecule has 0 saturated heterocycles. The highest BCUT2D eigenvalue weighted by Crippen LogP contribution is 2.39. The average molecular weight is 464 g/mol. The van der Waals surface area contributed by atoms with Crippen LogP contribution >= 0.6 is 0 Å². The summed E-state index contributed by atoms with van der Waals surface area (Å²) >= 11 is 0. The standard InChI is InChI=1S/C12H13F3O2.C11H13F3O/c13-12(14,15)10(7-4-8-11(16)17)9-5-2-1-3-6-9;12-11(13,14)10(7-4-8-15)9-5-2-1-3-6-9/h1-3,5-6,10H,4,7-8H2,(H,16,17);1-3,5-6,10,15H,4,7-8H2. The molecule has 178 valence electrons. The van der Waals surface area contributed by atoms with Gasteiger partial charge in [-0.1, -0.05) is 60.7 Å². The Morgan fingerprint density at radius 2 is 1.09 bits per heavy atom. The summed E-state index contributed by atoms with van der Waals surface area (Å²) in [5.41, 5.74) is 0.448. The first-order valence-electron chi connectivity index (χ1n) is 10.0. The SMILES string of the molecule is O=C(O)CCCC(c1ccccc1)C(F)(F)F.OCCCC(c1ccccc1)C(F)(F)F. The molecule has 9 heteroatoms. The van der Waals surface area contributed by atoms with E-state index in [4.69, 9.17) is 10.2 Å². The van der Waals surface area contributed by atoms with Gasteiger partial charge >= 0.3 is 18.3 Å². The van der Waals surface area contributed by atoms with Crippen molar-refractivity contribution in [1.82, 2.24) is 0 Å². The molecule has 0 amide bonds. The van der Waals surface area contributed by atoms with Crippen molar-refractivity contribution in [3.63, 3.8) is 0 Å². The second-order valence-corrected chi connectivity index (χ2v) is 7.16. The number of carbonyl (C=O) groups is 1. The molecule has 2 unspecified atom stereocenters. The number of hydrogen-bond donors (Lipinski definition) is 2. The van der Waals surface area contributed by atoms with Crippen LogP contribution in [0, 0.1) is 0 Å². The van der Waals surface area contributed by atoms with Crippen LogP contribution in [0.15, 0.2) is 60.7 Å². The Morgan fingerprint density at radius 1 is 0.719 bits per heavy atom. The number of carboxylic acids is 1. The van der Waals surface area contributed by atoms with Crippen molar-refractivity contribution < 1.29 is 41.4 Å². The summed E-state index contributed by atoms with van der Waals surface area (Å²) in [5.74, 6) is -4.12. The zero-order valence-electron chi connectivity index (χ0n) is 17.2. The molecule has 0 aromatic heterocycles. The average Bonchev–Trinajstić information content (AvgIpc) is 2.71. The van der Waals surface area contributed by atoms with E-state index in [1.807, 2.05) is 0 Å². The van der Waals surface area contributed by atoms with Crippen molar-refractivity contribution in [3.8, 4) is 0 Å². The lowest BCUT2D eigenvalue weighted by Crippen LogP contribution is -2.21. The Kier molecular flexibility index (Phi) is 11.3. The van der Waals surface area contributed by atoms with Crippen LogP contribution in [0.3, 0.4) is 0 Å². The third-order valence-corrected chi connectivity index (χ3v) is 4.73. The fourth-order valence-electron chi connectivity index (χ4n) is 3.16. The Labute approximate surface area is 182 Å². The summed E-state index contributed by atoms with van der Waals surface area (Å²) in [4.78, 5) is 10.3. The van der Waals surface area contributed by atoms with Crippen LogP contribution in [0.4, 0.5) is 26.3 Å². The van der Waals surface area contributed by atoms with Gasteiger partial charge in [0.05, 0.1) is 11.8 Å². The molecule has 2 N–H and O–H groups in total. The molecule has 2 rings (SSSR count). The molecule has 3 nitrogen and oxygen atoms in total. The number of alkyl halides is 6. The lowest BCUT2D eigenvalue weighted by molar-refractivity contribution is -0.153. The molecule has 0 heterocycles. The van der Waals surface area contributed by atoms with Crippen LogP contribution in [-0.4, -0.2) is 35.1 Å². The molecule has 0 spiro atoms. The smallest absolute Gasteiger partial charge is 0.395 e. The van der Waals surface area contributed by atoms with Crippen molar-refractivity contribution in [2.45, 2.75) is 56.3 Å². The van der Waals surface area contributed by atoms with Gasteiger partial charge in [-0.2, -0.15) is 26.3 Å². The molecule has 2 aromatic carbocycles. The largest absolute Gasteiger partial charge is 0.481 e. The second kappa shape index (κ2) is 13.1. The Balaban J connectivity index is 0.000000323. The molecular formula is C23H26F6O3. The molecule has 0 saturated carbocycles. The van der Waals surface area contributed by atoms with E-state index < -0.39 is 30.2 Å². The first-order valence-corrected chi connectivity index (χ1v) is 10.0. The second-order valence-electron chi connectivity index (χ2n) is 7.16. The first kappa shape index (κ1) is 27.5. The zero-order chi connectivity index (χ0) is 24.2. The quantitative estimate of drug-likeness (QED) is 0.407. The maximum Gasteiger partial charge on any atom is 0.395 e. The highest BCUT2D eigenvalue weighted by molar-refractivity contribution is 5.66. The Morgan fingerprint density at radius 3 is 1.41 bits per heavy atom. The van der Waals surface area contributed by atoms with E-state index in [1.165, 1.54) is 24.3 Å². The topological polar surface area (TPSA) is 57.5 Å². The first-order chi connectivity index (χ1) is 15.0. The van der Waals surface area contributed by atoms with Gasteiger partial charge in [-0.25, -0.2) is 0 Å². The van der Waals surface area contributed by atoms with Gasteiger partial charge in [-0.05, 0) is 36.8 Å². The monoisotopic (exact) mass is 464 g/mol. The third kappa shape index (κ3) is 10.2. The summed E-state index contributed by atoms with van der Waals surface area (Å²) in [7, 11) is 0. The van der Waals surface area contributed by atoms with E-state index in [1.54, 1.807) is 36.4 Å². The maximum absolute atomic E-state index is 12.8. The van der Waals surface area contributed by atoms with Gasteiger partial charge in [0.25, 0.3) is 0 Å². The van der Waals surface area contributed by atoms with E-state index in [0.717, 1.165) is 0 Å². The molecule has 32 heavy (non-hydrogen) atoms. The van der Waals surface area contributed by atoms with Gasteiger partial charge in [0.2, 0.25) is 0 Å². The van der Waals surface area contributed by atoms with E-state index in [2.05, 4.69) is 0 Å². The summed E-state index contributed by atoms with van der Waals surface area (Å²) in [5, 5.41) is 17.0. The molecule has 2 atom stereocenters. The lowest BCUT2D eigenvalue weighted by atomic mass is 9.93. The Hall–Kier alpha value is -2.55. The normalized spacial score (nSPS) is 13.6. The van der Waals surface area contributed by atoms with Gasteiger partial charge in [0.1, 0.15) is 0 Å². The van der Waals surface area contributed by atoms with E-state index in [0.29, 0.717) is 0 Å². The number of benzene rings is 2. The van der Waals surface area contributed by atoms with Crippen molar-refractivity contribution in [1.29, 1.82) is 0 Å². The highest BCUT2D eigenvalue weighted by Gasteiger charge is 2.40. The van der Waals surface area contributed by atoms with Crippen molar-refractivity contribution in [3.05, 3.63) is 71.8 Å². The molecule has 0 bridgehead atoms. The van der Waals surface area contributed by atoms with Gasteiger partial charge in [-0.3, -0.25) is 4.79 Å². The number of aliphatic hydroxyl groups is 1. The van der Waals surface area contributed by atoms with Gasteiger partial charge in [-0.15, -0.1) is 0 Å². The minimum Gasteiger partial charge on any atom is -0.481 e. The van der Waals surface area contributed by atoms with Crippen LogP contribution in [0.25, 0.3) is 0 Å². The fraction of sp³-hybridized carbons (Fsp3) is 0.435. The number of aliphatic carboxylic acids is 1. The summed E-state index contributed by atoms with van der Waals surface area (Å²) in [6.07, 6.45) is -8.88. The fourth-order valence-corrected chi connectivity index (χ4v) is 3.16. The maximum atomic E-state index is 12.8. The molecule has 0 aliphatic carbocycles. The Bertz CT molecular complexity index is 776. The van der Waals surface area contributed by atoms with Crippen LogP contribution in [0.2, 0.25) is 0 Å². The molecular weight excluding hydrogens is 438 g/mol. The van der Waals surface area contributed by atoms with Crippen LogP contribution < -0.4 is 0 Å². The predicted molar refractivity (Wildman–Crippen MR) is 108 cm³/mol. The predicted octanol–water partition coefficient (Wildman–Crippen LogP) is 6.69. The number of aliphatic hydroxyl groups excluding tert-OH is 1. The van der Waals surface area contributed by atoms with Gasteiger partial charge in [0, 0.05) is 13.0 Å². The highest BCUT2D eigenvalue weighted by atomic mass is 19.4. The van der Waals surface area contributed by atoms with E-state index >= 15 is 0 Å². The van der Waals surface area contributed by atoms with E-state index in [9.17, 15) is 31.1 Å². The summed E-state index contributed by atoms with van der Waals surface area (Å²) in [6.45, 7) is -0.209. The van der Waals surface area contributed by atoms with Crippen LogP contribution in [0.1, 0.15) is 55.1 Å². The minimum absolute atomic E-state index is 0.0222. The summed E-state index contributed by atoms with van der Waals surface area (Å²) in [6, 6.07) is 15.4. The van der Waals surface area contributed by atoms with Crippen molar-refractivity contribution >= 4 is 5.97 Å².